The quantitative estimate of drug-likeness (QED) is 0.0895. The van der Waals surface area contributed by atoms with Crippen molar-refractivity contribution in [2.75, 3.05) is 32.8 Å². The second-order valence-corrected chi connectivity index (χ2v) is 5.71. The van der Waals surface area contributed by atoms with E-state index in [1.807, 2.05) is 0 Å². The molecule has 0 aliphatic carbocycles. The molecule has 0 heterocycles. The Bertz CT molecular complexity index is 374. The molecule has 0 aromatic heterocycles. The first-order valence-corrected chi connectivity index (χ1v) is 9.11. The van der Waals surface area contributed by atoms with Gasteiger partial charge in [-0.3, -0.25) is 0 Å². The molecule has 150 valence electrons. The summed E-state index contributed by atoms with van der Waals surface area (Å²) < 4.78 is 0. The van der Waals surface area contributed by atoms with Crippen LogP contribution in [-0.4, -0.2) is 54.9 Å². The minimum Gasteiger partial charge on any atom is -0.478 e. The van der Waals surface area contributed by atoms with Crippen LogP contribution in [0.4, 0.5) is 0 Å². The van der Waals surface area contributed by atoms with Crippen LogP contribution >= 0.6 is 0 Å². The summed E-state index contributed by atoms with van der Waals surface area (Å²) in [6, 6.07) is 0. The highest BCUT2D eigenvalue weighted by atomic mass is 17.2. The van der Waals surface area contributed by atoms with Gasteiger partial charge in [-0.2, -0.15) is 4.89 Å². The maximum absolute atomic E-state index is 10.3. The summed E-state index contributed by atoms with van der Waals surface area (Å²) in [5.41, 5.74) is 0. The van der Waals surface area contributed by atoms with Crippen molar-refractivity contribution < 1.29 is 29.6 Å². The van der Waals surface area contributed by atoms with Gasteiger partial charge in [0.2, 0.25) is 0 Å². The molecule has 0 amide bonds. The van der Waals surface area contributed by atoms with Crippen LogP contribution in [0.25, 0.3) is 0 Å². The summed E-state index contributed by atoms with van der Waals surface area (Å²) in [6.07, 6.45) is 12.3. The fourth-order valence-electron chi connectivity index (χ4n) is 2.09. The van der Waals surface area contributed by atoms with Crippen molar-refractivity contribution in [2.45, 2.75) is 44.9 Å². The normalized spacial score (nSPS) is 11.4. The van der Waals surface area contributed by atoms with Crippen LogP contribution in [-0.2, 0) is 19.4 Å². The molecule has 8 heteroatoms. The molecule has 0 aromatic rings. The van der Waals surface area contributed by atoms with E-state index in [9.17, 15) is 9.59 Å². The van der Waals surface area contributed by atoms with Gasteiger partial charge in [0, 0.05) is 12.6 Å². The van der Waals surface area contributed by atoms with Crippen molar-refractivity contribution in [1.82, 2.24) is 10.6 Å². The van der Waals surface area contributed by atoms with Gasteiger partial charge < -0.3 is 25.7 Å². The van der Waals surface area contributed by atoms with Gasteiger partial charge in [-0.15, -0.1) is 0 Å². The number of carbonyl (C=O) groups is 2. The third kappa shape index (κ3) is 22.1. The summed E-state index contributed by atoms with van der Waals surface area (Å²) >= 11 is 0. The topological polar surface area (TPSA) is 117 Å². The van der Waals surface area contributed by atoms with E-state index in [-0.39, 0.29) is 0 Å². The van der Waals surface area contributed by atoms with Crippen LogP contribution < -0.4 is 10.6 Å². The molecule has 0 unspecified atom stereocenters. The average molecular weight is 372 g/mol. The smallest absolute Gasteiger partial charge is 0.331 e. The zero-order valence-corrected chi connectivity index (χ0v) is 15.3. The van der Waals surface area contributed by atoms with Crippen molar-refractivity contribution in [2.24, 2.45) is 0 Å². The van der Waals surface area contributed by atoms with Crippen LogP contribution in [0.15, 0.2) is 24.5 Å². The Labute approximate surface area is 155 Å². The summed E-state index contributed by atoms with van der Waals surface area (Å²) in [5.74, 6) is -1.96. The van der Waals surface area contributed by atoms with Crippen LogP contribution in [0, 0.1) is 0 Å². The van der Waals surface area contributed by atoms with Gasteiger partial charge in [-0.25, -0.2) is 9.59 Å². The third-order valence-electron chi connectivity index (χ3n) is 3.39. The number of allylic oxidation sites excluding steroid dienone is 1. The molecule has 4 N–H and O–H groups in total. The minimum absolute atomic E-state index is 0.361. The summed E-state index contributed by atoms with van der Waals surface area (Å²) in [4.78, 5) is 29.7. The van der Waals surface area contributed by atoms with E-state index in [1.54, 1.807) is 6.08 Å². The largest absolute Gasteiger partial charge is 0.478 e. The molecule has 0 fully saturated rings. The van der Waals surface area contributed by atoms with E-state index in [1.165, 1.54) is 18.9 Å². The van der Waals surface area contributed by atoms with Crippen LogP contribution in [0.1, 0.15) is 44.9 Å². The molecule has 0 spiro atoms. The predicted octanol–water partition coefficient (Wildman–Crippen LogP) is 2.08. The number of rotatable bonds is 19. The first-order chi connectivity index (χ1) is 12.6. The Morgan fingerprint density at radius 3 is 1.96 bits per heavy atom. The van der Waals surface area contributed by atoms with Gasteiger partial charge in [0.1, 0.15) is 12.9 Å². The van der Waals surface area contributed by atoms with E-state index >= 15 is 0 Å². The SMILES string of the molecule is O=C(O)C=CCCCCNCCCCCCNCCOOC=CC(=O)O. The molecule has 0 rings (SSSR count). The predicted molar refractivity (Wildman–Crippen MR) is 98.6 cm³/mol. The van der Waals surface area contributed by atoms with Gasteiger partial charge in [0.15, 0.2) is 0 Å². The highest BCUT2D eigenvalue weighted by Gasteiger charge is 1.93. The number of unbranched alkanes of at least 4 members (excludes halogenated alkanes) is 5. The second kappa shape index (κ2) is 19.4. The van der Waals surface area contributed by atoms with Gasteiger partial charge in [-0.1, -0.05) is 18.9 Å². The number of aliphatic carboxylic acids is 2. The molecular formula is C18H32N2O6. The summed E-state index contributed by atoms with van der Waals surface area (Å²) in [7, 11) is 0. The third-order valence-corrected chi connectivity index (χ3v) is 3.39. The first kappa shape index (κ1) is 24.1. The standard InChI is InChI=1S/C18H32N2O6/c21-17(22)9-5-1-2-6-11-19-12-7-3-4-8-13-20-14-16-26-25-15-10-18(23)24/h5,9-10,15,19-20H,1-4,6-8,11-14,16H2,(H,21,22)(H,23,24). The van der Waals surface area contributed by atoms with Gasteiger partial charge in [0.25, 0.3) is 0 Å². The summed E-state index contributed by atoms with van der Waals surface area (Å²) in [5, 5.41) is 23.4. The zero-order valence-electron chi connectivity index (χ0n) is 15.3. The average Bonchev–Trinajstić information content (AvgIpc) is 2.59. The molecule has 0 saturated heterocycles. The molecule has 8 nitrogen and oxygen atoms in total. The Balaban J connectivity index is 3.09. The van der Waals surface area contributed by atoms with Crippen molar-refractivity contribution in [3.05, 3.63) is 24.5 Å². The van der Waals surface area contributed by atoms with E-state index in [2.05, 4.69) is 15.5 Å². The number of carboxylic acid groups (broad SMARTS) is 2. The van der Waals surface area contributed by atoms with Crippen LogP contribution in [0.3, 0.4) is 0 Å². The molecule has 0 radical (unpaired) electrons. The highest BCUT2D eigenvalue weighted by Crippen LogP contribution is 1.99. The Kier molecular flexibility index (Phi) is 18.0. The van der Waals surface area contributed by atoms with E-state index < -0.39 is 11.9 Å². The lowest BCUT2D eigenvalue weighted by Crippen LogP contribution is -2.20. The fraction of sp³-hybridized carbons (Fsp3) is 0.667. The number of nitrogens with one attached hydrogen (secondary N) is 2. The lowest BCUT2D eigenvalue weighted by molar-refractivity contribution is -0.247. The minimum atomic E-state index is -1.08. The van der Waals surface area contributed by atoms with Gasteiger partial charge >= 0.3 is 11.9 Å². The maximum atomic E-state index is 10.3. The number of hydrogen-bond donors (Lipinski definition) is 4. The zero-order chi connectivity index (χ0) is 19.3. The van der Waals surface area contributed by atoms with Crippen molar-refractivity contribution >= 4 is 11.9 Å². The van der Waals surface area contributed by atoms with Gasteiger partial charge in [-0.05, 0) is 51.7 Å². The fourth-order valence-corrected chi connectivity index (χ4v) is 2.09. The van der Waals surface area contributed by atoms with Crippen LogP contribution in [0.2, 0.25) is 0 Å². The monoisotopic (exact) mass is 372 g/mol. The first-order valence-electron chi connectivity index (χ1n) is 9.11. The van der Waals surface area contributed by atoms with E-state index in [4.69, 9.17) is 15.1 Å². The van der Waals surface area contributed by atoms with Crippen LogP contribution in [0.5, 0.6) is 0 Å². The maximum Gasteiger partial charge on any atom is 0.331 e. The lowest BCUT2D eigenvalue weighted by Gasteiger charge is -2.06. The Hall–Kier alpha value is -1.90. The molecule has 0 aliphatic rings. The molecule has 0 aromatic carbocycles. The van der Waals surface area contributed by atoms with Crippen molar-refractivity contribution in [3.8, 4) is 0 Å². The van der Waals surface area contributed by atoms with Crippen molar-refractivity contribution in [1.29, 1.82) is 0 Å². The van der Waals surface area contributed by atoms with E-state index in [0.29, 0.717) is 13.2 Å². The Morgan fingerprint density at radius 2 is 1.35 bits per heavy atom. The molecule has 0 atom stereocenters. The summed E-state index contributed by atoms with van der Waals surface area (Å²) in [6.45, 7) is 3.94. The molecule has 0 bridgehead atoms. The van der Waals surface area contributed by atoms with Gasteiger partial charge in [0.05, 0.1) is 6.08 Å². The van der Waals surface area contributed by atoms with Crippen molar-refractivity contribution in [3.63, 3.8) is 0 Å². The molecular weight excluding hydrogens is 340 g/mol. The van der Waals surface area contributed by atoms with E-state index in [0.717, 1.165) is 64.1 Å². The number of hydrogen-bond acceptors (Lipinski definition) is 6. The second-order valence-electron chi connectivity index (χ2n) is 5.71. The number of carboxylic acids is 2. The lowest BCUT2D eigenvalue weighted by atomic mass is 10.2. The Morgan fingerprint density at radius 1 is 0.769 bits per heavy atom. The molecule has 0 saturated carbocycles. The molecule has 0 aliphatic heterocycles. The highest BCUT2D eigenvalue weighted by molar-refractivity contribution is 5.79. The molecule has 26 heavy (non-hydrogen) atoms.